The van der Waals surface area contributed by atoms with Crippen molar-refractivity contribution in [3.63, 3.8) is 0 Å². The molecule has 0 bridgehead atoms. The molecule has 5 N–H and O–H groups in total. The predicted octanol–water partition coefficient (Wildman–Crippen LogP) is 1.99. The zero-order valence-electron chi connectivity index (χ0n) is 13.4. The lowest BCUT2D eigenvalue weighted by molar-refractivity contribution is 0.470. The summed E-state index contributed by atoms with van der Waals surface area (Å²) in [5, 5.41) is 31.1. The second-order valence-electron chi connectivity index (χ2n) is 5.13. The Morgan fingerprint density at radius 3 is 2.08 bits per heavy atom. The van der Waals surface area contributed by atoms with Crippen LogP contribution in [0.5, 0.6) is 11.5 Å². The van der Waals surface area contributed by atoms with Gasteiger partial charge in [0, 0.05) is 11.1 Å². The quantitative estimate of drug-likeness (QED) is 0.391. The van der Waals surface area contributed by atoms with Crippen LogP contribution in [-0.4, -0.2) is 28.6 Å². The predicted molar refractivity (Wildman–Crippen MR) is 95.6 cm³/mol. The fraction of sp³-hybridized carbons (Fsp3) is 0.118. The summed E-state index contributed by atoms with van der Waals surface area (Å²) in [6.07, 6.45) is 2.83. The maximum absolute atomic E-state index is 9.85. The van der Waals surface area contributed by atoms with Gasteiger partial charge in [-0.2, -0.15) is 10.2 Å². The van der Waals surface area contributed by atoms with Gasteiger partial charge >= 0.3 is 0 Å². The van der Waals surface area contributed by atoms with Gasteiger partial charge in [-0.15, -0.1) is 5.10 Å². The molecular weight excluding hydrogens is 306 g/mol. The summed E-state index contributed by atoms with van der Waals surface area (Å²) in [5.41, 5.74) is 10.7. The van der Waals surface area contributed by atoms with Crippen molar-refractivity contribution < 1.29 is 10.2 Å². The molecule has 0 spiro atoms. The molecule has 0 aliphatic rings. The van der Waals surface area contributed by atoms with Gasteiger partial charge in [-0.05, 0) is 37.1 Å². The summed E-state index contributed by atoms with van der Waals surface area (Å²) in [6, 6.07) is 10.6. The number of rotatable bonds is 4. The zero-order chi connectivity index (χ0) is 17.5. The monoisotopic (exact) mass is 325 g/mol. The first-order valence-electron chi connectivity index (χ1n) is 7.21. The van der Waals surface area contributed by atoms with Crippen LogP contribution in [0.25, 0.3) is 0 Å². The molecule has 0 saturated carbocycles. The number of hydrazone groups is 1. The van der Waals surface area contributed by atoms with Crippen LogP contribution in [0, 0.1) is 13.8 Å². The minimum atomic E-state index is -0.0261. The number of hydrogen-bond donors (Lipinski definition) is 4. The van der Waals surface area contributed by atoms with Crippen LogP contribution in [-0.2, 0) is 0 Å². The fourth-order valence-electron chi connectivity index (χ4n) is 1.92. The zero-order valence-corrected chi connectivity index (χ0v) is 13.4. The van der Waals surface area contributed by atoms with Crippen molar-refractivity contribution in [2.75, 3.05) is 0 Å². The molecule has 7 nitrogen and oxygen atoms in total. The van der Waals surface area contributed by atoms with Crippen LogP contribution in [0.1, 0.15) is 22.3 Å². The summed E-state index contributed by atoms with van der Waals surface area (Å²) in [6.45, 7) is 3.59. The number of nitrogens with zero attached hydrogens (tertiary/aromatic N) is 3. The Kier molecular flexibility index (Phi) is 5.51. The van der Waals surface area contributed by atoms with Gasteiger partial charge < -0.3 is 15.9 Å². The van der Waals surface area contributed by atoms with Gasteiger partial charge in [-0.1, -0.05) is 24.3 Å². The maximum Gasteiger partial charge on any atom is 0.234 e. The molecule has 24 heavy (non-hydrogen) atoms. The highest BCUT2D eigenvalue weighted by Gasteiger charge is 2.01. The number of guanidine groups is 1. The molecule has 0 saturated heterocycles. The lowest BCUT2D eigenvalue weighted by Crippen LogP contribution is -2.26. The molecule has 0 amide bonds. The summed E-state index contributed by atoms with van der Waals surface area (Å²) in [4.78, 5) is 0. The van der Waals surface area contributed by atoms with Gasteiger partial charge in [0.25, 0.3) is 0 Å². The molecule has 0 aliphatic carbocycles. The molecule has 0 aromatic heterocycles. The number of phenolic OH excluding ortho intramolecular Hbond substituents is 2. The Hall–Kier alpha value is -3.35. The molecule has 0 unspecified atom stereocenters. The topological polar surface area (TPSA) is 116 Å². The third-order valence-electron chi connectivity index (χ3n) is 3.28. The standard InChI is InChI=1S/C17H19N5O2/c1-11-5-3-7-13(15(11)23)9-19-21-17(18)22-20-10-14-8-4-6-12(2)16(14)24/h3-10,23-24H,1-2H3,(H3,18,21,22). The third-order valence-corrected chi connectivity index (χ3v) is 3.28. The number of nitrogens with one attached hydrogen (secondary N) is 1. The number of aryl methyl sites for hydroxylation is 2. The average molecular weight is 325 g/mol. The Balaban J connectivity index is 1.99. The number of benzene rings is 2. The number of hydrogen-bond acceptors (Lipinski definition) is 5. The van der Waals surface area contributed by atoms with Crippen LogP contribution in [0.2, 0.25) is 0 Å². The van der Waals surface area contributed by atoms with E-state index in [9.17, 15) is 10.2 Å². The van der Waals surface area contributed by atoms with Gasteiger partial charge in [-0.3, -0.25) is 0 Å². The molecule has 2 rings (SSSR count). The highest BCUT2D eigenvalue weighted by atomic mass is 16.3. The number of phenols is 2. The van der Waals surface area contributed by atoms with Crippen LogP contribution in [0.4, 0.5) is 0 Å². The molecule has 7 heteroatoms. The van der Waals surface area contributed by atoms with E-state index in [4.69, 9.17) is 5.73 Å². The molecule has 0 fully saturated rings. The van der Waals surface area contributed by atoms with E-state index in [0.717, 1.165) is 11.1 Å². The highest BCUT2D eigenvalue weighted by Crippen LogP contribution is 2.20. The lowest BCUT2D eigenvalue weighted by atomic mass is 10.1. The van der Waals surface area contributed by atoms with E-state index in [1.165, 1.54) is 12.4 Å². The van der Waals surface area contributed by atoms with E-state index < -0.39 is 0 Å². The van der Waals surface area contributed by atoms with Crippen molar-refractivity contribution in [1.82, 2.24) is 5.43 Å². The molecular formula is C17H19N5O2. The fourth-order valence-corrected chi connectivity index (χ4v) is 1.92. The molecule has 2 aromatic rings. The van der Waals surface area contributed by atoms with E-state index in [1.54, 1.807) is 44.2 Å². The Morgan fingerprint density at radius 1 is 0.958 bits per heavy atom. The van der Waals surface area contributed by atoms with E-state index >= 15 is 0 Å². The van der Waals surface area contributed by atoms with Crippen LogP contribution < -0.4 is 11.2 Å². The summed E-state index contributed by atoms with van der Waals surface area (Å²) >= 11 is 0. The first kappa shape index (κ1) is 17.0. The molecule has 0 heterocycles. The number of nitrogens with two attached hydrogens (primary N) is 1. The summed E-state index contributed by atoms with van der Waals surface area (Å²) < 4.78 is 0. The van der Waals surface area contributed by atoms with E-state index in [0.29, 0.717) is 11.1 Å². The van der Waals surface area contributed by atoms with E-state index in [2.05, 4.69) is 20.7 Å². The molecule has 0 aliphatic heterocycles. The van der Waals surface area contributed by atoms with Gasteiger partial charge in [0.05, 0.1) is 12.4 Å². The van der Waals surface area contributed by atoms with Crippen LogP contribution >= 0.6 is 0 Å². The van der Waals surface area contributed by atoms with Gasteiger partial charge in [0.1, 0.15) is 11.5 Å². The maximum atomic E-state index is 9.85. The van der Waals surface area contributed by atoms with Crippen molar-refractivity contribution in [3.05, 3.63) is 58.7 Å². The Morgan fingerprint density at radius 2 is 1.50 bits per heavy atom. The average Bonchev–Trinajstić information content (AvgIpc) is 2.55. The van der Waals surface area contributed by atoms with Crippen molar-refractivity contribution in [2.24, 2.45) is 21.0 Å². The summed E-state index contributed by atoms with van der Waals surface area (Å²) in [5.74, 6) is 0.282. The minimum absolute atomic E-state index is 0.0261. The smallest absolute Gasteiger partial charge is 0.234 e. The minimum Gasteiger partial charge on any atom is -0.507 e. The molecule has 2 aromatic carbocycles. The lowest BCUT2D eigenvalue weighted by Gasteiger charge is -2.02. The second kappa shape index (κ2) is 7.77. The normalized spacial score (nSPS) is 12.2. The van der Waals surface area contributed by atoms with Crippen LogP contribution in [0.15, 0.2) is 51.7 Å². The Labute approximate surface area is 139 Å². The number of para-hydroxylation sites is 2. The highest BCUT2D eigenvalue weighted by molar-refractivity contribution is 5.87. The van der Waals surface area contributed by atoms with Crippen molar-refractivity contribution >= 4 is 18.4 Å². The Bertz CT molecular complexity index is 813. The molecule has 124 valence electrons. The van der Waals surface area contributed by atoms with Crippen molar-refractivity contribution in [3.8, 4) is 11.5 Å². The SMILES string of the molecule is Cc1cccc(C=N/N=C(\N)NN=Cc2cccc(C)c2O)c1O. The van der Waals surface area contributed by atoms with Crippen molar-refractivity contribution in [2.45, 2.75) is 13.8 Å². The number of aromatic hydroxyl groups is 2. The van der Waals surface area contributed by atoms with E-state index in [1.807, 2.05) is 6.07 Å². The largest absolute Gasteiger partial charge is 0.507 e. The first-order chi connectivity index (χ1) is 11.5. The van der Waals surface area contributed by atoms with E-state index in [-0.39, 0.29) is 17.5 Å². The molecule has 0 radical (unpaired) electrons. The van der Waals surface area contributed by atoms with Crippen LogP contribution in [0.3, 0.4) is 0 Å². The van der Waals surface area contributed by atoms with Gasteiger partial charge in [-0.25, -0.2) is 5.43 Å². The summed E-state index contributed by atoms with van der Waals surface area (Å²) in [7, 11) is 0. The first-order valence-corrected chi connectivity index (χ1v) is 7.21. The third kappa shape index (κ3) is 4.33. The second-order valence-corrected chi connectivity index (χ2v) is 5.13. The van der Waals surface area contributed by atoms with Gasteiger partial charge in [0.15, 0.2) is 0 Å². The van der Waals surface area contributed by atoms with Crippen molar-refractivity contribution in [1.29, 1.82) is 0 Å². The van der Waals surface area contributed by atoms with Gasteiger partial charge in [0.2, 0.25) is 5.96 Å². The molecule has 0 atom stereocenters.